The van der Waals surface area contributed by atoms with Crippen molar-refractivity contribution in [2.45, 2.75) is 32.7 Å². The summed E-state index contributed by atoms with van der Waals surface area (Å²) in [6.45, 7) is 4.00. The van der Waals surface area contributed by atoms with Crippen LogP contribution >= 0.6 is 11.6 Å². The molecule has 1 saturated heterocycles. The van der Waals surface area contributed by atoms with Crippen LogP contribution in [0.3, 0.4) is 0 Å². The average Bonchev–Trinajstić information content (AvgIpc) is 2.43. The zero-order valence-corrected chi connectivity index (χ0v) is 12.4. The number of benzene rings is 1. The van der Waals surface area contributed by atoms with Crippen LogP contribution in [0.2, 0.25) is 5.02 Å². The predicted octanol–water partition coefficient (Wildman–Crippen LogP) is 3.12. The molecule has 0 unspecified atom stereocenters. The van der Waals surface area contributed by atoms with E-state index in [4.69, 9.17) is 11.6 Å². The first kappa shape index (κ1) is 15.1. The highest BCUT2D eigenvalue weighted by molar-refractivity contribution is 6.30. The topological polar surface area (TPSA) is 60.8 Å². The van der Waals surface area contributed by atoms with Crippen LogP contribution in [-0.2, 0) is 11.3 Å². The zero-order valence-electron chi connectivity index (χ0n) is 11.6. The lowest BCUT2D eigenvalue weighted by molar-refractivity contribution is -0.152. The lowest BCUT2D eigenvalue weighted by atomic mass is 9.76. The first-order chi connectivity index (χ1) is 9.47. The van der Waals surface area contributed by atoms with Crippen molar-refractivity contribution < 1.29 is 15.0 Å². The molecule has 20 heavy (non-hydrogen) atoms. The van der Waals surface area contributed by atoms with Gasteiger partial charge in [0.15, 0.2) is 0 Å². The quantitative estimate of drug-likeness (QED) is 0.896. The Hall–Kier alpha value is -1.26. The largest absolute Gasteiger partial charge is 0.508 e. The molecule has 0 spiro atoms. The lowest BCUT2D eigenvalue weighted by Gasteiger charge is -2.38. The van der Waals surface area contributed by atoms with Gasteiger partial charge in [0.1, 0.15) is 5.75 Å². The molecule has 0 radical (unpaired) electrons. The molecule has 0 bridgehead atoms. The third-order valence-corrected chi connectivity index (χ3v) is 4.61. The van der Waals surface area contributed by atoms with Crippen LogP contribution in [0.15, 0.2) is 18.2 Å². The number of halogens is 1. The first-order valence-electron chi connectivity index (χ1n) is 6.90. The van der Waals surface area contributed by atoms with Gasteiger partial charge in [0, 0.05) is 17.1 Å². The van der Waals surface area contributed by atoms with E-state index in [1.165, 1.54) is 0 Å². The minimum Gasteiger partial charge on any atom is -0.508 e. The van der Waals surface area contributed by atoms with Crippen LogP contribution in [0.4, 0.5) is 0 Å². The van der Waals surface area contributed by atoms with Gasteiger partial charge in [0.25, 0.3) is 0 Å². The number of hydrogen-bond donors (Lipinski definition) is 2. The fraction of sp³-hybridized carbons (Fsp3) is 0.533. The molecule has 0 atom stereocenters. The van der Waals surface area contributed by atoms with E-state index < -0.39 is 11.4 Å². The van der Waals surface area contributed by atoms with Gasteiger partial charge in [-0.05, 0) is 50.6 Å². The second kappa shape index (κ2) is 6.02. The van der Waals surface area contributed by atoms with Crippen molar-refractivity contribution in [3.63, 3.8) is 0 Å². The highest BCUT2D eigenvalue weighted by Crippen LogP contribution is 2.36. The van der Waals surface area contributed by atoms with Crippen molar-refractivity contribution in [1.82, 2.24) is 4.90 Å². The Morgan fingerprint density at radius 2 is 2.05 bits per heavy atom. The molecule has 1 aromatic rings. The number of aromatic hydroxyl groups is 1. The number of aliphatic carboxylic acids is 1. The van der Waals surface area contributed by atoms with Crippen molar-refractivity contribution in [1.29, 1.82) is 0 Å². The van der Waals surface area contributed by atoms with Crippen molar-refractivity contribution in [2.24, 2.45) is 5.41 Å². The summed E-state index contributed by atoms with van der Waals surface area (Å²) in [6, 6.07) is 5.01. The Balaban J connectivity index is 2.01. The highest BCUT2D eigenvalue weighted by atomic mass is 35.5. The molecule has 1 aliphatic heterocycles. The Morgan fingerprint density at radius 1 is 1.40 bits per heavy atom. The van der Waals surface area contributed by atoms with Crippen LogP contribution in [0.1, 0.15) is 31.7 Å². The number of carbonyl (C=O) groups is 1. The lowest BCUT2D eigenvalue weighted by Crippen LogP contribution is -2.43. The van der Waals surface area contributed by atoms with Gasteiger partial charge >= 0.3 is 5.97 Å². The van der Waals surface area contributed by atoms with Crippen molar-refractivity contribution in [3.8, 4) is 5.75 Å². The summed E-state index contributed by atoms with van der Waals surface area (Å²) in [6.07, 6.45) is 1.97. The molecule has 5 heteroatoms. The third kappa shape index (κ3) is 3.07. The van der Waals surface area contributed by atoms with Gasteiger partial charge in [0.05, 0.1) is 5.41 Å². The number of phenolic OH excluding ortho intramolecular Hbond substituents is 1. The molecule has 1 fully saturated rings. The van der Waals surface area contributed by atoms with E-state index in [9.17, 15) is 15.0 Å². The summed E-state index contributed by atoms with van der Waals surface area (Å²) < 4.78 is 0. The Bertz CT molecular complexity index is 496. The molecule has 2 rings (SSSR count). The molecule has 0 aliphatic carbocycles. The van der Waals surface area contributed by atoms with Crippen LogP contribution < -0.4 is 0 Å². The van der Waals surface area contributed by atoms with E-state index in [-0.39, 0.29) is 5.75 Å². The van der Waals surface area contributed by atoms with E-state index in [0.717, 1.165) is 18.7 Å². The molecule has 110 valence electrons. The Kier molecular flexibility index (Phi) is 4.55. The summed E-state index contributed by atoms with van der Waals surface area (Å²) in [5.41, 5.74) is 0.212. The fourth-order valence-corrected chi connectivity index (χ4v) is 2.97. The monoisotopic (exact) mass is 297 g/mol. The van der Waals surface area contributed by atoms with E-state index in [2.05, 4.69) is 4.90 Å². The fourth-order valence-electron chi connectivity index (χ4n) is 2.78. The molecule has 4 nitrogen and oxygen atoms in total. The molecular weight excluding hydrogens is 278 g/mol. The molecule has 1 aromatic carbocycles. The minimum absolute atomic E-state index is 0.236. The summed E-state index contributed by atoms with van der Waals surface area (Å²) in [7, 11) is 0. The maximum atomic E-state index is 11.4. The summed E-state index contributed by atoms with van der Waals surface area (Å²) >= 11 is 5.94. The van der Waals surface area contributed by atoms with Crippen LogP contribution in [0.25, 0.3) is 0 Å². The van der Waals surface area contributed by atoms with Gasteiger partial charge in [-0.3, -0.25) is 9.69 Å². The molecular formula is C15H20ClNO3. The summed E-state index contributed by atoms with van der Waals surface area (Å²) in [5, 5.41) is 19.8. The average molecular weight is 298 g/mol. The predicted molar refractivity (Wildman–Crippen MR) is 78.0 cm³/mol. The highest BCUT2D eigenvalue weighted by Gasteiger charge is 2.39. The molecule has 2 N–H and O–H groups in total. The van der Waals surface area contributed by atoms with Crippen LogP contribution in [0.5, 0.6) is 5.75 Å². The SMILES string of the molecule is CCC1(C(=O)O)CCN(Cc2cc(Cl)ccc2O)CC1. The van der Waals surface area contributed by atoms with Gasteiger partial charge in [-0.25, -0.2) is 0 Å². The number of phenols is 1. The number of rotatable bonds is 4. The Labute approximate surface area is 124 Å². The second-order valence-electron chi connectivity index (χ2n) is 5.49. The molecule has 0 amide bonds. The van der Waals surface area contributed by atoms with Crippen LogP contribution in [-0.4, -0.2) is 34.2 Å². The summed E-state index contributed by atoms with van der Waals surface area (Å²) in [5.74, 6) is -0.454. The van der Waals surface area contributed by atoms with Gasteiger partial charge in [0.2, 0.25) is 0 Å². The van der Waals surface area contributed by atoms with Crippen molar-refractivity contribution in [3.05, 3.63) is 28.8 Å². The number of piperidine rings is 1. The normalized spacial score (nSPS) is 18.9. The van der Waals surface area contributed by atoms with Crippen molar-refractivity contribution in [2.75, 3.05) is 13.1 Å². The van der Waals surface area contributed by atoms with E-state index in [1.807, 2.05) is 6.92 Å². The zero-order chi connectivity index (χ0) is 14.8. The molecule has 1 heterocycles. The molecule has 0 saturated carbocycles. The van der Waals surface area contributed by atoms with E-state index in [0.29, 0.717) is 30.8 Å². The number of carboxylic acid groups (broad SMARTS) is 1. The minimum atomic E-state index is -0.690. The summed E-state index contributed by atoms with van der Waals surface area (Å²) in [4.78, 5) is 13.6. The maximum Gasteiger partial charge on any atom is 0.309 e. The Morgan fingerprint density at radius 3 is 2.60 bits per heavy atom. The standard InChI is InChI=1S/C15H20ClNO3/c1-2-15(14(19)20)5-7-17(8-6-15)10-11-9-12(16)3-4-13(11)18/h3-4,9,18H,2,5-8,10H2,1H3,(H,19,20). The molecule has 1 aliphatic rings. The number of carboxylic acids is 1. The number of nitrogens with zero attached hydrogens (tertiary/aromatic N) is 1. The maximum absolute atomic E-state index is 11.4. The number of likely N-dealkylation sites (tertiary alicyclic amines) is 1. The third-order valence-electron chi connectivity index (χ3n) is 4.38. The van der Waals surface area contributed by atoms with Gasteiger partial charge in [-0.15, -0.1) is 0 Å². The van der Waals surface area contributed by atoms with Crippen LogP contribution in [0, 0.1) is 5.41 Å². The van der Waals surface area contributed by atoms with E-state index >= 15 is 0 Å². The smallest absolute Gasteiger partial charge is 0.309 e. The van der Waals surface area contributed by atoms with Gasteiger partial charge in [-0.2, -0.15) is 0 Å². The second-order valence-corrected chi connectivity index (χ2v) is 5.92. The van der Waals surface area contributed by atoms with Crippen molar-refractivity contribution >= 4 is 17.6 Å². The van der Waals surface area contributed by atoms with Gasteiger partial charge < -0.3 is 10.2 Å². The molecule has 0 aromatic heterocycles. The first-order valence-corrected chi connectivity index (χ1v) is 7.28. The number of hydrogen-bond acceptors (Lipinski definition) is 3. The van der Waals surface area contributed by atoms with Gasteiger partial charge in [-0.1, -0.05) is 18.5 Å². The van der Waals surface area contributed by atoms with E-state index in [1.54, 1.807) is 18.2 Å².